The number of piperazine rings is 1. The van der Waals surface area contributed by atoms with Gasteiger partial charge in [-0.1, -0.05) is 15.9 Å². The summed E-state index contributed by atoms with van der Waals surface area (Å²) >= 11 is 10.4. The largest absolute Gasteiger partial charge is 0.488 e. The van der Waals surface area contributed by atoms with E-state index in [0.717, 1.165) is 26.5 Å². The van der Waals surface area contributed by atoms with Crippen LogP contribution < -0.4 is 20.9 Å². The molecule has 1 aliphatic rings. The Morgan fingerprint density at radius 2 is 1.79 bits per heavy atom. The van der Waals surface area contributed by atoms with Crippen molar-refractivity contribution in [1.82, 2.24) is 24.0 Å². The Labute approximate surface area is 220 Å². The minimum absolute atomic E-state index is 0.168. The number of aliphatic hydroxyl groups is 1. The van der Waals surface area contributed by atoms with Crippen molar-refractivity contribution in [3.05, 3.63) is 46.4 Å². The van der Waals surface area contributed by atoms with Gasteiger partial charge >= 0.3 is 5.69 Å². The Kier molecular flexibility index (Phi) is 7.87. The van der Waals surface area contributed by atoms with Crippen molar-refractivity contribution >= 4 is 64.9 Å². The van der Waals surface area contributed by atoms with Gasteiger partial charge in [-0.2, -0.15) is 4.98 Å². The van der Waals surface area contributed by atoms with E-state index in [9.17, 15) is 14.7 Å². The Morgan fingerprint density at radius 3 is 2.41 bits per heavy atom. The number of aryl methyl sites for hydroxylation is 2. The summed E-state index contributed by atoms with van der Waals surface area (Å²) in [5, 5.41) is 10.5. The highest BCUT2D eigenvalue weighted by Gasteiger charge is 2.25. The summed E-state index contributed by atoms with van der Waals surface area (Å²) in [5.74, 6) is 1.33. The van der Waals surface area contributed by atoms with Gasteiger partial charge in [0, 0.05) is 50.8 Å². The Balaban J connectivity index is 1.39. The fourth-order valence-electron chi connectivity index (χ4n) is 4.09. The molecule has 0 aliphatic carbocycles. The zero-order valence-corrected chi connectivity index (χ0v) is 23.5. The highest BCUT2D eigenvalue weighted by Crippen LogP contribution is 2.36. The van der Waals surface area contributed by atoms with Crippen LogP contribution in [0.25, 0.3) is 11.2 Å². The van der Waals surface area contributed by atoms with E-state index in [4.69, 9.17) is 4.74 Å². The molecule has 2 N–H and O–H groups in total. The number of anilines is 1. The number of β-amino-alcohol motifs (C(OH)–C–C–N with tert-alkyl or cyclic N) is 1. The molecule has 34 heavy (non-hydrogen) atoms. The van der Waals surface area contributed by atoms with E-state index >= 15 is 0 Å². The topological polar surface area (TPSA) is 109 Å². The minimum atomic E-state index is -0.651. The van der Waals surface area contributed by atoms with E-state index in [1.807, 2.05) is 23.6 Å². The third-order valence-electron chi connectivity index (χ3n) is 5.81. The van der Waals surface area contributed by atoms with Crippen LogP contribution in [0.2, 0.25) is 0 Å². The summed E-state index contributed by atoms with van der Waals surface area (Å²) < 4.78 is 11.6. The normalized spacial score (nSPS) is 15.8. The van der Waals surface area contributed by atoms with Crippen molar-refractivity contribution in [3.63, 3.8) is 0 Å². The number of imidazole rings is 1. The molecule has 3 aromatic rings. The first kappa shape index (κ1) is 25.4. The smallest absolute Gasteiger partial charge is 0.329 e. The monoisotopic (exact) mass is 662 g/mol. The minimum Gasteiger partial charge on any atom is -0.488 e. The Hall–Kier alpha value is -1.67. The van der Waals surface area contributed by atoms with Crippen LogP contribution in [0.3, 0.4) is 0 Å². The SMILES string of the molecule is CCn1c(N2CCN(CC(O)COc3c(Br)cc(Br)cc3Br)CC2)nc2c1c(=O)[nH]c(=O)n2C. The second-order valence-corrected chi connectivity index (χ2v) is 10.7. The number of aliphatic hydroxyl groups excluding tert-OH is 1. The van der Waals surface area contributed by atoms with E-state index < -0.39 is 17.4 Å². The van der Waals surface area contributed by atoms with Gasteiger partial charge in [0.2, 0.25) is 5.95 Å². The second-order valence-electron chi connectivity index (χ2n) is 8.10. The van der Waals surface area contributed by atoms with Crippen LogP contribution in [-0.2, 0) is 13.6 Å². The Bertz CT molecular complexity index is 1290. The van der Waals surface area contributed by atoms with Crippen LogP contribution in [0.5, 0.6) is 5.75 Å². The number of nitrogens with zero attached hydrogens (tertiary/aromatic N) is 5. The molecule has 3 heterocycles. The number of aromatic nitrogens is 4. The van der Waals surface area contributed by atoms with Gasteiger partial charge < -0.3 is 19.3 Å². The van der Waals surface area contributed by atoms with E-state index in [1.54, 1.807) is 7.05 Å². The summed E-state index contributed by atoms with van der Waals surface area (Å²) in [6.07, 6.45) is -0.651. The molecular weight excluding hydrogens is 640 g/mol. The maximum atomic E-state index is 12.4. The third-order valence-corrected chi connectivity index (χ3v) is 7.45. The highest BCUT2D eigenvalue weighted by molar-refractivity contribution is 9.11. The number of ether oxygens (including phenoxy) is 1. The number of H-pyrrole nitrogens is 1. The van der Waals surface area contributed by atoms with E-state index in [0.29, 0.717) is 49.0 Å². The summed E-state index contributed by atoms with van der Waals surface area (Å²) in [4.78, 5) is 35.7. The van der Waals surface area contributed by atoms with Crippen LogP contribution >= 0.6 is 47.8 Å². The summed E-state index contributed by atoms with van der Waals surface area (Å²) in [6, 6.07) is 3.78. The maximum Gasteiger partial charge on any atom is 0.329 e. The van der Waals surface area contributed by atoms with Gasteiger partial charge in [-0.3, -0.25) is 19.2 Å². The average molecular weight is 665 g/mol. The molecule has 0 saturated carbocycles. The van der Waals surface area contributed by atoms with Crippen molar-refractivity contribution in [2.45, 2.75) is 19.6 Å². The van der Waals surface area contributed by atoms with Crippen molar-refractivity contribution in [1.29, 1.82) is 0 Å². The van der Waals surface area contributed by atoms with Crippen LogP contribution in [0.1, 0.15) is 6.92 Å². The summed E-state index contributed by atoms with van der Waals surface area (Å²) in [5.41, 5.74) is -0.122. The third kappa shape index (κ3) is 5.13. The summed E-state index contributed by atoms with van der Waals surface area (Å²) in [6.45, 7) is 5.99. The van der Waals surface area contributed by atoms with Gasteiger partial charge in [0.15, 0.2) is 11.2 Å². The first-order valence-corrected chi connectivity index (χ1v) is 13.2. The van der Waals surface area contributed by atoms with E-state index in [2.05, 4.69) is 67.6 Å². The van der Waals surface area contributed by atoms with Crippen LogP contribution in [-0.4, -0.2) is 74.5 Å². The zero-order chi connectivity index (χ0) is 24.6. The number of fused-ring (bicyclic) bond motifs is 1. The molecule has 1 atom stereocenters. The number of hydrogen-bond acceptors (Lipinski definition) is 7. The first-order chi connectivity index (χ1) is 16.2. The number of rotatable bonds is 7. The van der Waals surface area contributed by atoms with Crippen molar-refractivity contribution < 1.29 is 9.84 Å². The lowest BCUT2D eigenvalue weighted by Gasteiger charge is -2.36. The average Bonchev–Trinajstić information content (AvgIpc) is 3.17. The van der Waals surface area contributed by atoms with Gasteiger partial charge in [-0.15, -0.1) is 0 Å². The van der Waals surface area contributed by atoms with Crippen molar-refractivity contribution in [2.75, 3.05) is 44.2 Å². The molecule has 2 aromatic heterocycles. The number of halogens is 3. The van der Waals surface area contributed by atoms with E-state index in [1.165, 1.54) is 4.57 Å². The lowest BCUT2D eigenvalue weighted by Crippen LogP contribution is -2.50. The lowest BCUT2D eigenvalue weighted by atomic mass is 10.2. The van der Waals surface area contributed by atoms with Crippen LogP contribution in [0, 0.1) is 0 Å². The molecule has 1 saturated heterocycles. The zero-order valence-electron chi connectivity index (χ0n) is 18.7. The van der Waals surface area contributed by atoms with Gasteiger partial charge in [-0.25, -0.2) is 4.79 Å². The Morgan fingerprint density at radius 1 is 1.15 bits per heavy atom. The number of hydrogen-bond donors (Lipinski definition) is 2. The molecule has 0 radical (unpaired) electrons. The predicted octanol–water partition coefficient (Wildman–Crippen LogP) is 2.29. The molecule has 0 bridgehead atoms. The molecule has 0 spiro atoms. The van der Waals surface area contributed by atoms with Gasteiger partial charge in [0.25, 0.3) is 5.56 Å². The number of aromatic amines is 1. The van der Waals surface area contributed by atoms with Crippen molar-refractivity contribution in [3.8, 4) is 5.75 Å². The molecule has 1 fully saturated rings. The molecule has 1 aromatic carbocycles. The fourth-order valence-corrected chi connectivity index (χ4v) is 6.58. The first-order valence-electron chi connectivity index (χ1n) is 10.8. The summed E-state index contributed by atoms with van der Waals surface area (Å²) in [7, 11) is 1.60. The van der Waals surface area contributed by atoms with Crippen LogP contribution in [0.4, 0.5) is 5.95 Å². The highest BCUT2D eigenvalue weighted by atomic mass is 79.9. The number of benzene rings is 1. The van der Waals surface area contributed by atoms with Crippen molar-refractivity contribution in [2.24, 2.45) is 7.05 Å². The molecule has 10 nitrogen and oxygen atoms in total. The molecule has 1 aliphatic heterocycles. The number of nitrogens with one attached hydrogen (secondary N) is 1. The van der Waals surface area contributed by atoms with Gasteiger partial charge in [0.05, 0.1) is 8.95 Å². The quantitative estimate of drug-likeness (QED) is 0.399. The predicted molar refractivity (Wildman–Crippen MR) is 141 cm³/mol. The standard InChI is InChI=1S/C21H25Br3N6O4/c1-3-30-16-18(27(2)21(33)26-19(16)32)25-20(30)29-6-4-28(5-7-29)10-13(31)11-34-17-14(23)8-12(22)9-15(17)24/h8-9,13,31H,3-7,10-11H2,1-2H3,(H,26,32,33). The lowest BCUT2D eigenvalue weighted by molar-refractivity contribution is 0.0656. The molecular formula is C21H25Br3N6O4. The second kappa shape index (κ2) is 10.5. The molecule has 0 amide bonds. The van der Waals surface area contributed by atoms with E-state index in [-0.39, 0.29) is 6.61 Å². The maximum absolute atomic E-state index is 12.4. The molecule has 4 rings (SSSR count). The van der Waals surface area contributed by atoms with Gasteiger partial charge in [0.1, 0.15) is 18.5 Å². The van der Waals surface area contributed by atoms with Crippen LogP contribution in [0.15, 0.2) is 35.1 Å². The van der Waals surface area contributed by atoms with Gasteiger partial charge in [-0.05, 0) is 50.9 Å². The molecule has 13 heteroatoms. The molecule has 184 valence electrons. The fraction of sp³-hybridized carbons (Fsp3) is 0.476. The molecule has 1 unspecified atom stereocenters.